The van der Waals surface area contributed by atoms with E-state index in [9.17, 15) is 0 Å². The zero-order chi connectivity index (χ0) is 16.3. The van der Waals surface area contributed by atoms with Crippen LogP contribution in [0.4, 0.5) is 0 Å². The number of hydrogen-bond acceptors (Lipinski definition) is 0. The van der Waals surface area contributed by atoms with E-state index < -0.39 is 0 Å². The molecule has 0 aromatic heterocycles. The molecule has 20 heavy (non-hydrogen) atoms. The van der Waals surface area contributed by atoms with Gasteiger partial charge in [0, 0.05) is 0 Å². The lowest BCUT2D eigenvalue weighted by Gasteiger charge is -2.56. The fourth-order valence-electron chi connectivity index (χ4n) is 5.77. The van der Waals surface area contributed by atoms with Gasteiger partial charge < -0.3 is 0 Å². The minimum atomic E-state index is 0.344. The normalized spacial score (nSPS) is 41.7. The maximum absolute atomic E-state index is 2.59. The van der Waals surface area contributed by atoms with Gasteiger partial charge in [0.15, 0.2) is 0 Å². The van der Waals surface area contributed by atoms with E-state index in [4.69, 9.17) is 0 Å². The van der Waals surface area contributed by atoms with Crippen molar-refractivity contribution in [2.24, 2.45) is 45.3 Å². The average Bonchev–Trinajstić information content (AvgIpc) is 2.42. The van der Waals surface area contributed by atoms with E-state index in [0.29, 0.717) is 27.6 Å². The van der Waals surface area contributed by atoms with Crippen LogP contribution in [0.25, 0.3) is 0 Å². The maximum Gasteiger partial charge on any atom is -0.0187 e. The van der Waals surface area contributed by atoms with Crippen LogP contribution in [-0.2, 0) is 0 Å². The Balaban J connectivity index is 3.56. The summed E-state index contributed by atoms with van der Waals surface area (Å²) >= 11 is 0. The Morgan fingerprint density at radius 1 is 0.800 bits per heavy atom. The van der Waals surface area contributed by atoms with Crippen LogP contribution in [0, 0.1) is 45.3 Å². The van der Waals surface area contributed by atoms with Crippen molar-refractivity contribution in [3.05, 3.63) is 0 Å². The third-order valence-corrected chi connectivity index (χ3v) is 9.18. The summed E-state index contributed by atoms with van der Waals surface area (Å²) in [5.41, 5.74) is 1.48. The van der Waals surface area contributed by atoms with E-state index in [1.165, 1.54) is 0 Å². The van der Waals surface area contributed by atoms with Crippen molar-refractivity contribution in [1.29, 1.82) is 0 Å². The second kappa shape index (κ2) is 4.75. The highest BCUT2D eigenvalue weighted by Crippen LogP contribution is 2.74. The van der Waals surface area contributed by atoms with Gasteiger partial charge >= 0.3 is 0 Å². The molecule has 0 amide bonds. The van der Waals surface area contributed by atoms with Crippen LogP contribution >= 0.6 is 0 Å². The van der Waals surface area contributed by atoms with Gasteiger partial charge in [-0.3, -0.25) is 0 Å². The van der Waals surface area contributed by atoms with Crippen molar-refractivity contribution in [3.8, 4) is 0 Å². The van der Waals surface area contributed by atoms with Crippen molar-refractivity contribution < 1.29 is 0 Å². The largest absolute Gasteiger partial charge is 0.0622 e. The first-order chi connectivity index (χ1) is 8.70. The van der Waals surface area contributed by atoms with Crippen LogP contribution in [0.15, 0.2) is 0 Å². The van der Waals surface area contributed by atoms with E-state index in [2.05, 4.69) is 83.1 Å². The van der Waals surface area contributed by atoms with E-state index in [1.807, 2.05) is 0 Å². The van der Waals surface area contributed by atoms with Crippen LogP contribution in [0.2, 0.25) is 0 Å². The summed E-state index contributed by atoms with van der Waals surface area (Å²) in [5.74, 6) is 2.91. The molecule has 0 radical (unpaired) electrons. The summed E-state index contributed by atoms with van der Waals surface area (Å²) in [4.78, 5) is 0. The van der Waals surface area contributed by atoms with Crippen LogP contribution < -0.4 is 0 Å². The fourth-order valence-corrected chi connectivity index (χ4v) is 5.77. The van der Waals surface area contributed by atoms with Gasteiger partial charge in [0.2, 0.25) is 0 Å². The third kappa shape index (κ3) is 1.78. The van der Waals surface area contributed by atoms with Gasteiger partial charge in [0.25, 0.3) is 0 Å². The van der Waals surface area contributed by atoms with Gasteiger partial charge in [-0.25, -0.2) is 0 Å². The maximum atomic E-state index is 2.59. The first-order valence-electron chi connectivity index (χ1n) is 8.70. The van der Waals surface area contributed by atoms with Gasteiger partial charge in [-0.2, -0.15) is 0 Å². The van der Waals surface area contributed by atoms with Gasteiger partial charge in [-0.15, -0.1) is 0 Å². The Bertz CT molecular complexity index is 360. The monoisotopic (exact) mass is 280 g/mol. The average molecular weight is 281 g/mol. The molecule has 0 bridgehead atoms. The van der Waals surface area contributed by atoms with E-state index >= 15 is 0 Å². The van der Waals surface area contributed by atoms with E-state index in [-0.39, 0.29) is 0 Å². The van der Waals surface area contributed by atoms with Crippen molar-refractivity contribution in [1.82, 2.24) is 0 Å². The molecule has 0 heteroatoms. The molecule has 0 heterocycles. The highest BCUT2D eigenvalue weighted by atomic mass is 14.7. The summed E-state index contributed by atoms with van der Waals surface area (Å²) < 4.78 is 0. The predicted octanol–water partition coefficient (Wildman–Crippen LogP) is 6.65. The minimum Gasteiger partial charge on any atom is -0.0622 e. The molecule has 120 valence electrons. The quantitative estimate of drug-likeness (QED) is 0.543. The lowest BCUT2D eigenvalue weighted by Crippen LogP contribution is -2.50. The molecule has 0 nitrogen and oxygen atoms in total. The number of rotatable bonds is 3. The van der Waals surface area contributed by atoms with Crippen LogP contribution in [0.3, 0.4) is 0 Å². The molecule has 1 rings (SSSR count). The molecule has 4 unspecified atom stereocenters. The molecule has 1 saturated carbocycles. The molecule has 4 atom stereocenters. The smallest absolute Gasteiger partial charge is 0.0187 e. The van der Waals surface area contributed by atoms with Crippen LogP contribution in [0.5, 0.6) is 0 Å². The van der Waals surface area contributed by atoms with E-state index in [0.717, 1.165) is 17.8 Å². The molecule has 0 N–H and O–H groups in total. The van der Waals surface area contributed by atoms with Gasteiger partial charge in [0.05, 0.1) is 0 Å². The summed E-state index contributed by atoms with van der Waals surface area (Å²) in [6.07, 6.45) is 0. The highest BCUT2D eigenvalue weighted by molar-refractivity contribution is 5.16. The number of hydrogen-bond donors (Lipinski definition) is 0. The second-order valence-electron chi connectivity index (χ2n) is 9.76. The zero-order valence-corrected chi connectivity index (χ0v) is 16.3. The fraction of sp³-hybridized carbons (Fsp3) is 1.00. The standard InChI is InChI=1S/C20H40/c1-13(2)17(7,8)20(12)16(6)19(11,14(3)4)15(5)18(20,9)10/h13-16H,1-12H3. The lowest BCUT2D eigenvalue weighted by atomic mass is 9.48. The molecule has 0 aliphatic heterocycles. The SMILES string of the molecule is CC(C)C1(C)C(C)C(C)(C)C(C)(C(C)(C)C(C)C)C1C. The highest BCUT2D eigenvalue weighted by Gasteiger charge is 2.69. The van der Waals surface area contributed by atoms with Crippen molar-refractivity contribution >= 4 is 0 Å². The minimum absolute atomic E-state index is 0.344. The molecule has 0 spiro atoms. The third-order valence-electron chi connectivity index (χ3n) is 9.18. The van der Waals surface area contributed by atoms with Crippen molar-refractivity contribution in [2.45, 2.75) is 83.1 Å². The van der Waals surface area contributed by atoms with Gasteiger partial charge in [0.1, 0.15) is 0 Å². The Hall–Kier alpha value is 0. The molecule has 1 aliphatic carbocycles. The molecular formula is C20H40. The lowest BCUT2D eigenvalue weighted by molar-refractivity contribution is -0.0827. The molecule has 0 aromatic rings. The Labute approximate surface area is 129 Å². The first-order valence-corrected chi connectivity index (χ1v) is 8.70. The van der Waals surface area contributed by atoms with Crippen molar-refractivity contribution in [2.75, 3.05) is 0 Å². The van der Waals surface area contributed by atoms with Crippen LogP contribution in [0.1, 0.15) is 83.1 Å². The molecule has 1 fully saturated rings. The zero-order valence-electron chi connectivity index (χ0n) is 16.3. The Morgan fingerprint density at radius 2 is 1.20 bits per heavy atom. The second-order valence-corrected chi connectivity index (χ2v) is 9.76. The topological polar surface area (TPSA) is 0 Å². The van der Waals surface area contributed by atoms with Gasteiger partial charge in [-0.1, -0.05) is 83.1 Å². The first kappa shape index (κ1) is 18.1. The predicted molar refractivity (Wildman–Crippen MR) is 91.8 cm³/mol. The van der Waals surface area contributed by atoms with Gasteiger partial charge in [-0.05, 0) is 45.3 Å². The molecule has 1 aliphatic rings. The van der Waals surface area contributed by atoms with Crippen molar-refractivity contribution in [3.63, 3.8) is 0 Å². The molecule has 0 saturated heterocycles. The molecular weight excluding hydrogens is 240 g/mol. The van der Waals surface area contributed by atoms with E-state index in [1.54, 1.807) is 0 Å². The Morgan fingerprint density at radius 3 is 1.45 bits per heavy atom. The summed E-state index contributed by atoms with van der Waals surface area (Å²) in [6, 6.07) is 0. The summed E-state index contributed by atoms with van der Waals surface area (Å²) in [6.45, 7) is 29.9. The molecule has 0 aromatic carbocycles. The van der Waals surface area contributed by atoms with Crippen LogP contribution in [-0.4, -0.2) is 0 Å². The summed E-state index contributed by atoms with van der Waals surface area (Å²) in [7, 11) is 0. The Kier molecular flexibility index (Phi) is 4.29. The summed E-state index contributed by atoms with van der Waals surface area (Å²) in [5, 5.41) is 0.